The summed E-state index contributed by atoms with van der Waals surface area (Å²) in [6, 6.07) is 21.6. The number of amides is 2. The van der Waals surface area contributed by atoms with Crippen molar-refractivity contribution < 1.29 is 14.3 Å². The Morgan fingerprint density at radius 3 is 2.56 bits per heavy atom. The van der Waals surface area contributed by atoms with Crippen molar-refractivity contribution in [1.82, 2.24) is 9.47 Å². The molecule has 1 aromatic heterocycles. The first kappa shape index (κ1) is 24.2. The van der Waals surface area contributed by atoms with E-state index in [1.165, 1.54) is 4.90 Å². The quantitative estimate of drug-likeness (QED) is 0.252. The summed E-state index contributed by atoms with van der Waals surface area (Å²) in [5.74, 6) is 0.439. The molecule has 1 aliphatic rings. The van der Waals surface area contributed by atoms with Gasteiger partial charge in [-0.25, -0.2) is 0 Å². The number of carbonyl (C=O) groups excluding carboxylic acids is 2. The smallest absolute Gasteiger partial charge is 0.293 e. The number of hydrogen-bond donors (Lipinski definition) is 0. The molecule has 0 spiro atoms. The second kappa shape index (κ2) is 9.88. The summed E-state index contributed by atoms with van der Waals surface area (Å²) in [6.07, 6.45) is 1.80. The highest BCUT2D eigenvalue weighted by molar-refractivity contribution is 8.18. The monoisotopic (exact) mass is 516 g/mol. The van der Waals surface area contributed by atoms with E-state index in [0.29, 0.717) is 9.93 Å². The molecule has 2 heterocycles. The molecule has 5 nitrogen and oxygen atoms in total. The van der Waals surface area contributed by atoms with Crippen LogP contribution in [0.3, 0.4) is 0 Å². The number of imide groups is 1. The molecule has 0 bridgehead atoms. The Morgan fingerprint density at radius 1 is 0.972 bits per heavy atom. The molecule has 1 fully saturated rings. The van der Waals surface area contributed by atoms with Crippen molar-refractivity contribution in [3.05, 3.63) is 99.2 Å². The van der Waals surface area contributed by atoms with Gasteiger partial charge in [-0.1, -0.05) is 54.1 Å². The first-order valence-electron chi connectivity index (χ1n) is 11.7. The van der Waals surface area contributed by atoms with Crippen molar-refractivity contribution in [2.24, 2.45) is 0 Å². The van der Waals surface area contributed by atoms with Crippen molar-refractivity contribution in [2.75, 3.05) is 13.2 Å². The number of ether oxygens (including phenoxy) is 1. The second-order valence-electron chi connectivity index (χ2n) is 8.70. The molecule has 36 heavy (non-hydrogen) atoms. The van der Waals surface area contributed by atoms with E-state index in [2.05, 4.69) is 4.57 Å². The van der Waals surface area contributed by atoms with E-state index < -0.39 is 0 Å². The fourth-order valence-electron chi connectivity index (χ4n) is 4.55. The van der Waals surface area contributed by atoms with E-state index in [4.69, 9.17) is 16.3 Å². The number of halogens is 1. The number of aromatic nitrogens is 1. The number of hydrogen-bond acceptors (Lipinski definition) is 4. The zero-order chi connectivity index (χ0) is 25.4. The SMILES string of the molecule is Cc1c(Cl)cccc1-n1c(C)cc(/C=C2\SC(=O)N(CCOc3cccc4ccccc34)C2=O)c1C. The van der Waals surface area contributed by atoms with Gasteiger partial charge in [0.25, 0.3) is 11.1 Å². The van der Waals surface area contributed by atoms with Crippen LogP contribution in [0.5, 0.6) is 5.75 Å². The lowest BCUT2D eigenvalue weighted by atomic mass is 10.1. The molecular weight excluding hydrogens is 492 g/mol. The van der Waals surface area contributed by atoms with Gasteiger partial charge in [-0.05, 0) is 79.4 Å². The summed E-state index contributed by atoms with van der Waals surface area (Å²) in [5.41, 5.74) is 4.87. The Hall–Kier alpha value is -3.48. The van der Waals surface area contributed by atoms with Crippen molar-refractivity contribution in [3.63, 3.8) is 0 Å². The third-order valence-corrected chi connectivity index (χ3v) is 7.75. The van der Waals surface area contributed by atoms with Crippen LogP contribution in [-0.4, -0.2) is 33.8 Å². The third-order valence-electron chi connectivity index (χ3n) is 6.43. The predicted molar refractivity (Wildman–Crippen MR) is 147 cm³/mol. The number of rotatable bonds is 6. The summed E-state index contributed by atoms with van der Waals surface area (Å²) >= 11 is 7.31. The Labute approximate surface area is 219 Å². The molecule has 0 N–H and O–H groups in total. The van der Waals surface area contributed by atoms with Crippen molar-refractivity contribution in [3.8, 4) is 11.4 Å². The topological polar surface area (TPSA) is 51.5 Å². The van der Waals surface area contributed by atoms with Gasteiger partial charge in [-0.2, -0.15) is 0 Å². The molecule has 1 saturated heterocycles. The van der Waals surface area contributed by atoms with Crippen molar-refractivity contribution in [2.45, 2.75) is 20.8 Å². The van der Waals surface area contributed by atoms with Crippen LogP contribution >= 0.6 is 23.4 Å². The van der Waals surface area contributed by atoms with Gasteiger partial charge in [0.2, 0.25) is 0 Å². The molecular formula is C29H25ClN2O3S. The highest BCUT2D eigenvalue weighted by atomic mass is 35.5. The fourth-order valence-corrected chi connectivity index (χ4v) is 5.57. The van der Waals surface area contributed by atoms with Gasteiger partial charge in [-0.15, -0.1) is 0 Å². The molecule has 7 heteroatoms. The Kier molecular flexibility index (Phi) is 6.65. The number of benzene rings is 3. The minimum atomic E-state index is -0.296. The van der Waals surface area contributed by atoms with Gasteiger partial charge >= 0.3 is 0 Å². The maximum Gasteiger partial charge on any atom is 0.293 e. The number of nitrogens with zero attached hydrogens (tertiary/aromatic N) is 2. The first-order chi connectivity index (χ1) is 17.3. The summed E-state index contributed by atoms with van der Waals surface area (Å²) in [6.45, 7) is 6.41. The molecule has 0 radical (unpaired) electrons. The summed E-state index contributed by atoms with van der Waals surface area (Å²) in [4.78, 5) is 27.4. The van der Waals surface area contributed by atoms with Gasteiger partial charge < -0.3 is 9.30 Å². The molecule has 0 saturated carbocycles. The molecule has 1 aliphatic heterocycles. The van der Waals surface area contributed by atoms with Crippen LogP contribution < -0.4 is 4.74 Å². The Balaban J connectivity index is 1.33. The van der Waals surface area contributed by atoms with Gasteiger partial charge in [0.1, 0.15) is 12.4 Å². The number of fused-ring (bicyclic) bond motifs is 1. The summed E-state index contributed by atoms with van der Waals surface area (Å²) < 4.78 is 8.07. The van der Waals surface area contributed by atoms with Crippen molar-refractivity contribution >= 4 is 51.4 Å². The fraction of sp³-hybridized carbons (Fsp3) is 0.172. The second-order valence-corrected chi connectivity index (χ2v) is 10.1. The molecule has 4 aromatic rings. The maximum absolute atomic E-state index is 13.1. The highest BCUT2D eigenvalue weighted by Crippen LogP contribution is 2.34. The summed E-state index contributed by atoms with van der Waals surface area (Å²) in [7, 11) is 0. The molecule has 5 rings (SSSR count). The van der Waals surface area contributed by atoms with Gasteiger partial charge in [0.05, 0.1) is 11.4 Å². The number of aryl methyl sites for hydroxylation is 1. The van der Waals surface area contributed by atoms with E-state index in [-0.39, 0.29) is 24.3 Å². The highest BCUT2D eigenvalue weighted by Gasteiger charge is 2.35. The maximum atomic E-state index is 13.1. The molecule has 0 aliphatic carbocycles. The number of thioether (sulfide) groups is 1. The van der Waals surface area contributed by atoms with Crippen LogP contribution in [0.2, 0.25) is 5.02 Å². The minimum Gasteiger partial charge on any atom is -0.491 e. The molecule has 0 atom stereocenters. The van der Waals surface area contributed by atoms with Crippen LogP contribution in [0.4, 0.5) is 4.79 Å². The van der Waals surface area contributed by atoms with Crippen LogP contribution in [-0.2, 0) is 4.79 Å². The Morgan fingerprint density at radius 2 is 1.72 bits per heavy atom. The standard InChI is InChI=1S/C29H25ClN2O3S/c1-18-16-22(20(3)32(18)25-12-7-11-24(30)19(25)2)17-27-28(33)31(29(34)36-27)14-15-35-26-13-6-9-21-8-4-5-10-23(21)26/h4-13,16-17H,14-15H2,1-3H3/b27-17-. The first-order valence-corrected chi connectivity index (χ1v) is 12.8. The zero-order valence-electron chi connectivity index (χ0n) is 20.2. The lowest BCUT2D eigenvalue weighted by molar-refractivity contribution is -0.123. The van der Waals surface area contributed by atoms with Crippen LogP contribution in [0.1, 0.15) is 22.5 Å². The van der Waals surface area contributed by atoms with Gasteiger partial charge in [0.15, 0.2) is 0 Å². The Bertz CT molecular complexity index is 1530. The minimum absolute atomic E-state index is 0.186. The third kappa shape index (κ3) is 4.43. The van der Waals surface area contributed by atoms with Crippen LogP contribution in [0, 0.1) is 20.8 Å². The van der Waals surface area contributed by atoms with E-state index in [9.17, 15) is 9.59 Å². The predicted octanol–water partition coefficient (Wildman–Crippen LogP) is 7.32. The van der Waals surface area contributed by atoms with Crippen molar-refractivity contribution in [1.29, 1.82) is 0 Å². The van der Waals surface area contributed by atoms with Gasteiger partial charge in [0, 0.05) is 27.5 Å². The van der Waals surface area contributed by atoms with E-state index >= 15 is 0 Å². The van der Waals surface area contributed by atoms with E-state index in [0.717, 1.165) is 56.5 Å². The van der Waals surface area contributed by atoms with Crippen LogP contribution in [0.25, 0.3) is 22.5 Å². The summed E-state index contributed by atoms with van der Waals surface area (Å²) in [5, 5.41) is 2.50. The number of carbonyl (C=O) groups is 2. The molecule has 182 valence electrons. The average molecular weight is 517 g/mol. The average Bonchev–Trinajstić information content (AvgIpc) is 3.29. The lowest BCUT2D eigenvalue weighted by Crippen LogP contribution is -2.32. The zero-order valence-corrected chi connectivity index (χ0v) is 21.8. The van der Waals surface area contributed by atoms with E-state index in [1.807, 2.05) is 87.5 Å². The van der Waals surface area contributed by atoms with Gasteiger partial charge in [-0.3, -0.25) is 14.5 Å². The molecule has 0 unspecified atom stereocenters. The largest absolute Gasteiger partial charge is 0.491 e. The van der Waals surface area contributed by atoms with E-state index in [1.54, 1.807) is 6.08 Å². The lowest BCUT2D eigenvalue weighted by Gasteiger charge is -2.14. The molecule has 3 aromatic carbocycles. The van der Waals surface area contributed by atoms with Crippen LogP contribution in [0.15, 0.2) is 71.6 Å². The molecule has 2 amide bonds. The normalized spacial score (nSPS) is 14.9.